The van der Waals surface area contributed by atoms with Gasteiger partial charge in [-0.1, -0.05) is 46.3 Å². The molecule has 2 N–H and O–H groups in total. The second kappa shape index (κ2) is 6.09. The van der Waals surface area contributed by atoms with Gasteiger partial charge in [-0.25, -0.2) is 4.79 Å². The molecule has 0 heterocycles. The number of aliphatic carboxylic acids is 1. The Morgan fingerprint density at radius 1 is 1.15 bits per heavy atom. The van der Waals surface area contributed by atoms with Gasteiger partial charge in [-0.05, 0) is 36.8 Å². The fourth-order valence-electron chi connectivity index (χ4n) is 2.02. The zero-order valence-electron chi connectivity index (χ0n) is 11.1. The fraction of sp³-hybridized carbons (Fsp3) is 0.188. The standard InChI is InChI=1S/C16H16BrNO2/c1-16(15(19)20,18-14-5-3-2-4-6-14)11-12-7-9-13(17)10-8-12/h2-10,18H,11H2,1H3,(H,19,20)/t16-/m0/s1. The molecule has 3 nitrogen and oxygen atoms in total. The Labute approximate surface area is 126 Å². The summed E-state index contributed by atoms with van der Waals surface area (Å²) >= 11 is 3.38. The molecule has 1 atom stereocenters. The maximum Gasteiger partial charge on any atom is 0.329 e. The van der Waals surface area contributed by atoms with E-state index in [0.717, 1.165) is 15.7 Å². The van der Waals surface area contributed by atoms with Crippen molar-refractivity contribution < 1.29 is 9.90 Å². The summed E-state index contributed by atoms with van der Waals surface area (Å²) in [7, 11) is 0. The zero-order valence-corrected chi connectivity index (χ0v) is 12.7. The molecule has 0 saturated carbocycles. The molecule has 0 radical (unpaired) electrons. The van der Waals surface area contributed by atoms with E-state index in [2.05, 4.69) is 21.2 Å². The van der Waals surface area contributed by atoms with Gasteiger partial charge in [0.2, 0.25) is 0 Å². The molecule has 0 bridgehead atoms. The fourth-order valence-corrected chi connectivity index (χ4v) is 2.29. The molecule has 104 valence electrons. The first kappa shape index (κ1) is 14.6. The normalized spacial score (nSPS) is 13.5. The van der Waals surface area contributed by atoms with Crippen molar-refractivity contribution >= 4 is 27.6 Å². The molecule has 0 aromatic heterocycles. The molecule has 4 heteroatoms. The quantitative estimate of drug-likeness (QED) is 0.871. The Bertz CT molecular complexity index is 583. The number of hydrogen-bond donors (Lipinski definition) is 2. The summed E-state index contributed by atoms with van der Waals surface area (Å²) in [6, 6.07) is 17.1. The van der Waals surface area contributed by atoms with E-state index in [9.17, 15) is 9.90 Å². The first-order valence-corrected chi connectivity index (χ1v) is 7.10. The summed E-state index contributed by atoms with van der Waals surface area (Å²) in [5.74, 6) is -0.871. The van der Waals surface area contributed by atoms with Crippen molar-refractivity contribution in [2.45, 2.75) is 18.9 Å². The molecule has 0 spiro atoms. The van der Waals surface area contributed by atoms with E-state index in [0.29, 0.717) is 6.42 Å². The monoisotopic (exact) mass is 333 g/mol. The second-order valence-electron chi connectivity index (χ2n) is 4.93. The Morgan fingerprint density at radius 2 is 1.75 bits per heavy atom. The summed E-state index contributed by atoms with van der Waals surface area (Å²) in [4.78, 5) is 11.6. The van der Waals surface area contributed by atoms with Crippen LogP contribution in [0.3, 0.4) is 0 Å². The maximum absolute atomic E-state index is 11.6. The number of hydrogen-bond acceptors (Lipinski definition) is 2. The van der Waals surface area contributed by atoms with Crippen LogP contribution >= 0.6 is 15.9 Å². The maximum atomic E-state index is 11.6. The average molecular weight is 334 g/mol. The Balaban J connectivity index is 2.21. The number of carboxylic acid groups (broad SMARTS) is 1. The Kier molecular flexibility index (Phi) is 4.45. The topological polar surface area (TPSA) is 49.3 Å². The SMILES string of the molecule is C[C@@](Cc1ccc(Br)cc1)(Nc1ccccc1)C(=O)O. The summed E-state index contributed by atoms with van der Waals surface area (Å²) in [6.07, 6.45) is 0.407. The minimum Gasteiger partial charge on any atom is -0.480 e. The van der Waals surface area contributed by atoms with Gasteiger partial charge in [0.25, 0.3) is 0 Å². The molecule has 0 amide bonds. The highest BCUT2D eigenvalue weighted by molar-refractivity contribution is 9.10. The predicted molar refractivity (Wildman–Crippen MR) is 84.0 cm³/mol. The van der Waals surface area contributed by atoms with Gasteiger partial charge in [-0.15, -0.1) is 0 Å². The molecule has 2 aromatic carbocycles. The van der Waals surface area contributed by atoms with Crippen LogP contribution in [0.25, 0.3) is 0 Å². The number of carbonyl (C=O) groups is 1. The van der Waals surface area contributed by atoms with Gasteiger partial charge < -0.3 is 10.4 Å². The third kappa shape index (κ3) is 3.61. The first-order chi connectivity index (χ1) is 9.49. The lowest BCUT2D eigenvalue weighted by molar-refractivity contribution is -0.141. The lowest BCUT2D eigenvalue weighted by atomic mass is 9.92. The molecule has 0 aliphatic heterocycles. The zero-order chi connectivity index (χ0) is 14.6. The highest BCUT2D eigenvalue weighted by atomic mass is 79.9. The molecule has 2 aromatic rings. The van der Waals surface area contributed by atoms with Crippen molar-refractivity contribution in [2.24, 2.45) is 0 Å². The second-order valence-corrected chi connectivity index (χ2v) is 5.85. The number of benzene rings is 2. The van der Waals surface area contributed by atoms with Crippen LogP contribution < -0.4 is 5.32 Å². The van der Waals surface area contributed by atoms with Crippen LogP contribution in [0.2, 0.25) is 0 Å². The number of para-hydroxylation sites is 1. The van der Waals surface area contributed by atoms with Crippen molar-refractivity contribution in [1.82, 2.24) is 0 Å². The summed E-state index contributed by atoms with van der Waals surface area (Å²) in [5, 5.41) is 12.6. The van der Waals surface area contributed by atoms with E-state index in [1.807, 2.05) is 54.6 Å². The van der Waals surface area contributed by atoms with Crippen LogP contribution in [0.1, 0.15) is 12.5 Å². The van der Waals surface area contributed by atoms with Crippen LogP contribution in [-0.4, -0.2) is 16.6 Å². The van der Waals surface area contributed by atoms with Gasteiger partial charge in [0.1, 0.15) is 5.54 Å². The van der Waals surface area contributed by atoms with Crippen molar-refractivity contribution in [3.05, 3.63) is 64.6 Å². The van der Waals surface area contributed by atoms with Crippen molar-refractivity contribution in [2.75, 3.05) is 5.32 Å². The number of carboxylic acids is 1. The van der Waals surface area contributed by atoms with Crippen LogP contribution in [-0.2, 0) is 11.2 Å². The van der Waals surface area contributed by atoms with Gasteiger partial charge in [-0.2, -0.15) is 0 Å². The first-order valence-electron chi connectivity index (χ1n) is 6.31. The smallest absolute Gasteiger partial charge is 0.329 e. The molecule has 0 unspecified atom stereocenters. The predicted octanol–water partition coefficient (Wildman–Crippen LogP) is 3.95. The minimum atomic E-state index is -1.05. The number of anilines is 1. The number of halogens is 1. The summed E-state index contributed by atoms with van der Waals surface area (Å²) < 4.78 is 0.981. The van der Waals surface area contributed by atoms with Crippen LogP contribution in [0.5, 0.6) is 0 Å². The Morgan fingerprint density at radius 3 is 2.30 bits per heavy atom. The van der Waals surface area contributed by atoms with E-state index < -0.39 is 11.5 Å². The minimum absolute atomic E-state index is 0.407. The molecule has 0 aliphatic carbocycles. The highest BCUT2D eigenvalue weighted by Gasteiger charge is 2.33. The van der Waals surface area contributed by atoms with Gasteiger partial charge in [0.15, 0.2) is 0 Å². The summed E-state index contributed by atoms with van der Waals surface area (Å²) in [5.41, 5.74) is 0.728. The molecule has 20 heavy (non-hydrogen) atoms. The van der Waals surface area contributed by atoms with Crippen molar-refractivity contribution in [3.63, 3.8) is 0 Å². The summed E-state index contributed by atoms with van der Waals surface area (Å²) in [6.45, 7) is 1.70. The van der Waals surface area contributed by atoms with E-state index >= 15 is 0 Å². The lowest BCUT2D eigenvalue weighted by Crippen LogP contribution is -2.45. The van der Waals surface area contributed by atoms with Gasteiger partial charge in [0, 0.05) is 16.6 Å². The molecule has 0 fully saturated rings. The molecule has 0 saturated heterocycles. The lowest BCUT2D eigenvalue weighted by Gasteiger charge is -2.27. The largest absolute Gasteiger partial charge is 0.480 e. The molecule has 0 aliphatic rings. The van der Waals surface area contributed by atoms with E-state index in [-0.39, 0.29) is 0 Å². The molecular weight excluding hydrogens is 318 g/mol. The average Bonchev–Trinajstić information content (AvgIpc) is 2.42. The number of rotatable bonds is 5. The van der Waals surface area contributed by atoms with Crippen LogP contribution in [0.4, 0.5) is 5.69 Å². The molecule has 2 rings (SSSR count). The van der Waals surface area contributed by atoms with Crippen LogP contribution in [0.15, 0.2) is 59.1 Å². The molecular formula is C16H16BrNO2. The Hall–Kier alpha value is -1.81. The van der Waals surface area contributed by atoms with Gasteiger partial charge >= 0.3 is 5.97 Å². The van der Waals surface area contributed by atoms with E-state index in [1.165, 1.54) is 0 Å². The van der Waals surface area contributed by atoms with Crippen LogP contribution in [0, 0.1) is 0 Å². The van der Waals surface area contributed by atoms with Crippen molar-refractivity contribution in [3.8, 4) is 0 Å². The van der Waals surface area contributed by atoms with E-state index in [4.69, 9.17) is 0 Å². The highest BCUT2D eigenvalue weighted by Crippen LogP contribution is 2.21. The third-order valence-corrected chi connectivity index (χ3v) is 3.67. The van der Waals surface area contributed by atoms with E-state index in [1.54, 1.807) is 6.92 Å². The number of nitrogens with one attached hydrogen (secondary N) is 1. The van der Waals surface area contributed by atoms with Crippen molar-refractivity contribution in [1.29, 1.82) is 0 Å². The van der Waals surface area contributed by atoms with Gasteiger partial charge in [-0.3, -0.25) is 0 Å². The van der Waals surface area contributed by atoms with Gasteiger partial charge in [0.05, 0.1) is 0 Å². The third-order valence-electron chi connectivity index (χ3n) is 3.14.